The number of aliphatic imine (C=N–C) groups is 1. The zero-order valence-corrected chi connectivity index (χ0v) is 8.78. The molecular weight excluding hydrogens is 186 g/mol. The molecule has 0 fully saturated rings. The Balaban J connectivity index is 2.45. The maximum atomic E-state index is 10.7. The molecule has 3 N–H and O–H groups in total. The maximum Gasteiger partial charge on any atom is 0.219 e. The largest absolute Gasteiger partial charge is 0.370 e. The van der Waals surface area contributed by atoms with E-state index in [2.05, 4.69) is 10.3 Å². The van der Waals surface area contributed by atoms with Crippen molar-refractivity contribution < 1.29 is 4.79 Å². The normalized spacial score (nSPS) is 16.9. The van der Waals surface area contributed by atoms with Crippen molar-refractivity contribution in [1.82, 2.24) is 5.32 Å². The first kappa shape index (κ1) is 10.4. The number of carbonyl (C=O) groups excluding carboxylic acids is 1. The Morgan fingerprint density at radius 1 is 1.77 bits per heavy atom. The quantitative estimate of drug-likeness (QED) is 0.691. The van der Waals surface area contributed by atoms with Crippen molar-refractivity contribution in [2.75, 3.05) is 12.3 Å². The van der Waals surface area contributed by atoms with Crippen LogP contribution in [0.2, 0.25) is 0 Å². The molecule has 0 atom stereocenters. The zero-order valence-electron chi connectivity index (χ0n) is 7.96. The minimum absolute atomic E-state index is 0.290. The standard InChI is InChI=1S/C8H15N3OS/c1-8(2,5-6(9)12)11-7-10-3-4-13-7/h3-5H2,1-2H3,(H2,9,12)(H,10,11). The monoisotopic (exact) mass is 201 g/mol. The van der Waals surface area contributed by atoms with Crippen molar-refractivity contribution in [3.63, 3.8) is 0 Å². The molecule has 1 aliphatic heterocycles. The Morgan fingerprint density at radius 3 is 2.92 bits per heavy atom. The molecule has 1 rings (SSSR count). The Kier molecular flexibility index (Phi) is 3.19. The fourth-order valence-electron chi connectivity index (χ4n) is 1.18. The number of amides is 1. The van der Waals surface area contributed by atoms with Gasteiger partial charge >= 0.3 is 0 Å². The van der Waals surface area contributed by atoms with Crippen LogP contribution in [0.4, 0.5) is 0 Å². The van der Waals surface area contributed by atoms with Crippen LogP contribution in [0.1, 0.15) is 20.3 Å². The highest BCUT2D eigenvalue weighted by atomic mass is 32.2. The number of nitrogens with one attached hydrogen (secondary N) is 1. The molecule has 0 aliphatic carbocycles. The molecule has 0 aromatic heterocycles. The van der Waals surface area contributed by atoms with Crippen molar-refractivity contribution >= 4 is 22.8 Å². The first-order valence-corrected chi connectivity index (χ1v) is 5.22. The lowest BCUT2D eigenvalue weighted by Crippen LogP contribution is -2.44. The van der Waals surface area contributed by atoms with Gasteiger partial charge < -0.3 is 11.1 Å². The van der Waals surface area contributed by atoms with Crippen LogP contribution in [0.3, 0.4) is 0 Å². The second kappa shape index (κ2) is 4.00. The summed E-state index contributed by atoms with van der Waals surface area (Å²) >= 11 is 1.68. The lowest BCUT2D eigenvalue weighted by Gasteiger charge is -2.25. The number of hydrogen-bond acceptors (Lipinski definition) is 4. The van der Waals surface area contributed by atoms with Crippen LogP contribution in [0, 0.1) is 0 Å². The van der Waals surface area contributed by atoms with Gasteiger partial charge in [-0.3, -0.25) is 9.79 Å². The van der Waals surface area contributed by atoms with Gasteiger partial charge in [-0.1, -0.05) is 11.8 Å². The van der Waals surface area contributed by atoms with Crippen LogP contribution in [0.25, 0.3) is 0 Å². The predicted octanol–water partition coefficient (Wildman–Crippen LogP) is 0.333. The van der Waals surface area contributed by atoms with Crippen molar-refractivity contribution in [2.24, 2.45) is 10.7 Å². The van der Waals surface area contributed by atoms with Gasteiger partial charge in [0.15, 0.2) is 5.17 Å². The van der Waals surface area contributed by atoms with Crippen LogP contribution >= 0.6 is 11.8 Å². The van der Waals surface area contributed by atoms with E-state index in [1.807, 2.05) is 13.8 Å². The van der Waals surface area contributed by atoms with Crippen LogP contribution in [0.5, 0.6) is 0 Å². The second-order valence-electron chi connectivity index (χ2n) is 3.69. The Bertz CT molecular complexity index is 238. The molecule has 0 spiro atoms. The van der Waals surface area contributed by atoms with Crippen LogP contribution in [0.15, 0.2) is 4.99 Å². The molecule has 1 amide bonds. The van der Waals surface area contributed by atoms with Crippen molar-refractivity contribution in [2.45, 2.75) is 25.8 Å². The van der Waals surface area contributed by atoms with Crippen LogP contribution in [-0.4, -0.2) is 28.9 Å². The van der Waals surface area contributed by atoms with Gasteiger partial charge in [0.1, 0.15) is 0 Å². The number of amidine groups is 1. The van der Waals surface area contributed by atoms with Gasteiger partial charge in [-0.2, -0.15) is 0 Å². The fraction of sp³-hybridized carbons (Fsp3) is 0.750. The van der Waals surface area contributed by atoms with E-state index in [1.54, 1.807) is 11.8 Å². The molecule has 1 heterocycles. The Labute approximate surface area is 82.4 Å². The number of primary amides is 1. The Morgan fingerprint density at radius 2 is 2.46 bits per heavy atom. The maximum absolute atomic E-state index is 10.7. The van der Waals surface area contributed by atoms with Crippen LogP contribution in [-0.2, 0) is 4.79 Å². The molecule has 4 nitrogen and oxygen atoms in total. The molecule has 0 bridgehead atoms. The topological polar surface area (TPSA) is 67.5 Å². The third-order valence-corrected chi connectivity index (χ3v) is 2.54. The van der Waals surface area contributed by atoms with Crippen LogP contribution < -0.4 is 11.1 Å². The first-order valence-electron chi connectivity index (χ1n) is 4.23. The highest BCUT2D eigenvalue weighted by Crippen LogP contribution is 2.15. The SMILES string of the molecule is CC(C)(CC(N)=O)NC1=NCCS1. The third kappa shape index (κ3) is 3.67. The summed E-state index contributed by atoms with van der Waals surface area (Å²) in [5, 5.41) is 4.12. The van der Waals surface area contributed by atoms with Gasteiger partial charge in [0.2, 0.25) is 5.91 Å². The summed E-state index contributed by atoms with van der Waals surface area (Å²) in [6, 6.07) is 0. The summed E-state index contributed by atoms with van der Waals surface area (Å²) in [5.74, 6) is 0.732. The number of thioether (sulfide) groups is 1. The summed E-state index contributed by atoms with van der Waals surface area (Å²) in [7, 11) is 0. The van der Waals surface area contributed by atoms with E-state index in [9.17, 15) is 4.79 Å². The van der Waals surface area contributed by atoms with E-state index in [4.69, 9.17) is 5.73 Å². The number of nitrogens with zero attached hydrogens (tertiary/aromatic N) is 1. The number of rotatable bonds is 3. The summed E-state index contributed by atoms with van der Waals surface area (Å²) in [6.07, 6.45) is 0.326. The first-order chi connectivity index (χ1) is 5.99. The van der Waals surface area contributed by atoms with Gasteiger partial charge in [-0.05, 0) is 13.8 Å². The molecule has 0 radical (unpaired) electrons. The molecule has 0 saturated heterocycles. The average Bonchev–Trinajstić information content (AvgIpc) is 2.34. The number of carbonyl (C=O) groups is 1. The van der Waals surface area contributed by atoms with E-state index in [0.29, 0.717) is 6.42 Å². The fourth-order valence-corrected chi connectivity index (χ4v) is 2.09. The van der Waals surface area contributed by atoms with Gasteiger partial charge in [-0.15, -0.1) is 0 Å². The molecule has 0 aromatic rings. The minimum atomic E-state index is -0.291. The molecule has 0 saturated carbocycles. The predicted molar refractivity (Wildman–Crippen MR) is 55.8 cm³/mol. The average molecular weight is 201 g/mol. The second-order valence-corrected chi connectivity index (χ2v) is 4.77. The lowest BCUT2D eigenvalue weighted by molar-refractivity contribution is -0.119. The van der Waals surface area contributed by atoms with Crippen molar-refractivity contribution in [3.05, 3.63) is 0 Å². The highest BCUT2D eigenvalue weighted by Gasteiger charge is 2.22. The summed E-state index contributed by atoms with van der Waals surface area (Å²) < 4.78 is 0. The van der Waals surface area contributed by atoms with Gasteiger partial charge in [-0.25, -0.2) is 0 Å². The van der Waals surface area contributed by atoms with Gasteiger partial charge in [0, 0.05) is 17.7 Å². The highest BCUT2D eigenvalue weighted by molar-refractivity contribution is 8.14. The number of nitrogens with two attached hydrogens (primary N) is 1. The zero-order chi connectivity index (χ0) is 9.90. The van der Waals surface area contributed by atoms with Crippen molar-refractivity contribution in [3.8, 4) is 0 Å². The minimum Gasteiger partial charge on any atom is -0.370 e. The van der Waals surface area contributed by atoms with E-state index in [1.165, 1.54) is 0 Å². The molecule has 1 aliphatic rings. The molecule has 5 heteroatoms. The summed E-state index contributed by atoms with van der Waals surface area (Å²) in [5.41, 5.74) is 4.84. The van der Waals surface area contributed by atoms with Gasteiger partial charge in [0.25, 0.3) is 0 Å². The van der Waals surface area contributed by atoms with E-state index in [-0.39, 0.29) is 11.4 Å². The lowest BCUT2D eigenvalue weighted by atomic mass is 10.0. The summed E-state index contributed by atoms with van der Waals surface area (Å²) in [4.78, 5) is 15.0. The van der Waals surface area contributed by atoms with E-state index in [0.717, 1.165) is 17.5 Å². The molecule has 0 unspecified atom stereocenters. The van der Waals surface area contributed by atoms with Crippen molar-refractivity contribution in [1.29, 1.82) is 0 Å². The van der Waals surface area contributed by atoms with Gasteiger partial charge in [0.05, 0.1) is 6.54 Å². The summed E-state index contributed by atoms with van der Waals surface area (Å²) in [6.45, 7) is 4.75. The number of hydrogen-bond donors (Lipinski definition) is 2. The molecular formula is C8H15N3OS. The molecule has 74 valence electrons. The van der Waals surface area contributed by atoms with E-state index >= 15 is 0 Å². The Hall–Kier alpha value is -0.710. The molecule has 13 heavy (non-hydrogen) atoms. The molecule has 0 aromatic carbocycles. The third-order valence-electron chi connectivity index (χ3n) is 1.65. The smallest absolute Gasteiger partial charge is 0.219 e. The van der Waals surface area contributed by atoms with E-state index < -0.39 is 0 Å².